The molecule has 3 aromatic rings. The second-order valence-corrected chi connectivity index (χ2v) is 5.91. The molecule has 10 heteroatoms. The van der Waals surface area contributed by atoms with E-state index >= 15 is 0 Å². The predicted octanol–water partition coefficient (Wildman–Crippen LogP) is 5.33. The van der Waals surface area contributed by atoms with Gasteiger partial charge in [-0.15, -0.1) is 0 Å². The van der Waals surface area contributed by atoms with Gasteiger partial charge >= 0.3 is 6.18 Å². The Kier molecular flexibility index (Phi) is 5.46. The number of amides is 1. The molecule has 0 radical (unpaired) electrons. The SMILES string of the molecule is O=C(Nc1cc(Cl)cc(Oc2cncc(F)c2)c1)c1cccc(C(F)(F)F)n1. The number of pyridine rings is 2. The topological polar surface area (TPSA) is 64.1 Å². The fourth-order valence-electron chi connectivity index (χ4n) is 2.19. The van der Waals surface area contributed by atoms with E-state index in [0.717, 1.165) is 30.5 Å². The maximum Gasteiger partial charge on any atom is 0.433 e. The summed E-state index contributed by atoms with van der Waals surface area (Å²) < 4.78 is 56.8. The maximum atomic E-state index is 13.2. The van der Waals surface area contributed by atoms with Crippen molar-refractivity contribution in [2.45, 2.75) is 6.18 Å². The molecule has 0 bridgehead atoms. The van der Waals surface area contributed by atoms with Gasteiger partial charge in [0.25, 0.3) is 5.91 Å². The number of halogens is 5. The summed E-state index contributed by atoms with van der Waals surface area (Å²) in [4.78, 5) is 19.2. The highest BCUT2D eigenvalue weighted by Gasteiger charge is 2.32. The Balaban J connectivity index is 1.81. The van der Waals surface area contributed by atoms with E-state index in [1.165, 1.54) is 24.4 Å². The van der Waals surface area contributed by atoms with Crippen molar-refractivity contribution >= 4 is 23.2 Å². The molecule has 0 aliphatic rings. The fourth-order valence-corrected chi connectivity index (χ4v) is 2.42. The minimum absolute atomic E-state index is 0.0964. The molecule has 2 aromatic heterocycles. The number of carbonyl (C=O) groups is 1. The monoisotopic (exact) mass is 411 g/mol. The predicted molar refractivity (Wildman–Crippen MR) is 92.9 cm³/mol. The number of nitrogens with zero attached hydrogens (tertiary/aromatic N) is 2. The number of carbonyl (C=O) groups excluding carboxylic acids is 1. The van der Waals surface area contributed by atoms with Crippen molar-refractivity contribution in [1.82, 2.24) is 9.97 Å². The van der Waals surface area contributed by atoms with Crippen LogP contribution in [-0.4, -0.2) is 15.9 Å². The molecular formula is C18H10ClF4N3O2. The van der Waals surface area contributed by atoms with E-state index in [1.807, 2.05) is 0 Å². The van der Waals surface area contributed by atoms with Gasteiger partial charge < -0.3 is 10.1 Å². The number of anilines is 1. The molecule has 0 fully saturated rings. The summed E-state index contributed by atoms with van der Waals surface area (Å²) in [5.41, 5.74) is -1.46. The third-order valence-corrected chi connectivity index (χ3v) is 3.54. The Morgan fingerprint density at radius 3 is 2.57 bits per heavy atom. The summed E-state index contributed by atoms with van der Waals surface area (Å²) >= 11 is 5.98. The minimum atomic E-state index is -4.67. The van der Waals surface area contributed by atoms with Gasteiger partial charge in [-0.25, -0.2) is 9.37 Å². The van der Waals surface area contributed by atoms with Crippen LogP contribution in [0.5, 0.6) is 11.5 Å². The second-order valence-electron chi connectivity index (χ2n) is 5.48. The molecule has 0 saturated carbocycles. The molecule has 0 spiro atoms. The Labute approximate surface area is 161 Å². The zero-order valence-electron chi connectivity index (χ0n) is 13.8. The number of hydrogen-bond donors (Lipinski definition) is 1. The van der Waals surface area contributed by atoms with E-state index in [4.69, 9.17) is 16.3 Å². The number of nitrogens with one attached hydrogen (secondary N) is 1. The van der Waals surface area contributed by atoms with Gasteiger partial charge in [0, 0.05) is 22.8 Å². The first-order valence-corrected chi connectivity index (χ1v) is 8.03. The maximum absolute atomic E-state index is 13.2. The average Bonchev–Trinajstić information content (AvgIpc) is 2.60. The summed E-state index contributed by atoms with van der Waals surface area (Å²) in [7, 11) is 0. The van der Waals surface area contributed by atoms with Crippen LogP contribution in [0.25, 0.3) is 0 Å². The Hall–Kier alpha value is -3.20. The summed E-state index contributed by atoms with van der Waals surface area (Å²) in [5.74, 6) is -1.22. The minimum Gasteiger partial charge on any atom is -0.456 e. The first-order chi connectivity index (χ1) is 13.2. The van der Waals surface area contributed by atoms with Crippen LogP contribution >= 0.6 is 11.6 Å². The van der Waals surface area contributed by atoms with Crippen LogP contribution < -0.4 is 10.1 Å². The van der Waals surface area contributed by atoms with E-state index in [2.05, 4.69) is 15.3 Å². The molecule has 2 heterocycles. The largest absolute Gasteiger partial charge is 0.456 e. The number of benzene rings is 1. The molecule has 0 saturated heterocycles. The quantitative estimate of drug-likeness (QED) is 0.589. The first kappa shape index (κ1) is 19.6. The van der Waals surface area contributed by atoms with Crippen molar-refractivity contribution in [2.75, 3.05) is 5.32 Å². The van der Waals surface area contributed by atoms with Gasteiger partial charge in [0.05, 0.1) is 12.4 Å². The lowest BCUT2D eigenvalue weighted by Gasteiger charge is -2.11. The normalized spacial score (nSPS) is 11.2. The molecule has 0 unspecified atom stereocenters. The lowest BCUT2D eigenvalue weighted by Crippen LogP contribution is -2.17. The molecule has 0 atom stereocenters. The molecule has 5 nitrogen and oxygen atoms in total. The van der Waals surface area contributed by atoms with Crippen molar-refractivity contribution in [1.29, 1.82) is 0 Å². The highest BCUT2D eigenvalue weighted by molar-refractivity contribution is 6.31. The molecule has 0 aliphatic heterocycles. The lowest BCUT2D eigenvalue weighted by molar-refractivity contribution is -0.141. The molecular weight excluding hydrogens is 402 g/mol. The molecule has 1 amide bonds. The van der Waals surface area contributed by atoms with Crippen LogP contribution in [0.15, 0.2) is 54.9 Å². The zero-order chi connectivity index (χ0) is 20.3. The van der Waals surface area contributed by atoms with Crippen LogP contribution in [0.3, 0.4) is 0 Å². The molecule has 144 valence electrons. The number of ether oxygens (including phenoxy) is 1. The summed E-state index contributed by atoms with van der Waals surface area (Å²) in [6.07, 6.45) is -2.40. The van der Waals surface area contributed by atoms with Gasteiger partial charge in [0.2, 0.25) is 0 Å². The van der Waals surface area contributed by atoms with Crippen molar-refractivity contribution < 1.29 is 27.1 Å². The third-order valence-electron chi connectivity index (χ3n) is 3.32. The number of alkyl halides is 3. The van der Waals surface area contributed by atoms with Gasteiger partial charge in [-0.3, -0.25) is 9.78 Å². The standard InChI is InChI=1S/C18H10ClF4N3O2/c19-10-4-12(7-13(5-10)28-14-6-11(20)8-24-9-14)25-17(27)15-2-1-3-16(26-15)18(21,22)23/h1-9H,(H,25,27). The molecule has 3 rings (SSSR count). The van der Waals surface area contributed by atoms with Crippen molar-refractivity contribution in [3.63, 3.8) is 0 Å². The van der Waals surface area contributed by atoms with Gasteiger partial charge in [0.15, 0.2) is 0 Å². The Morgan fingerprint density at radius 1 is 1.07 bits per heavy atom. The van der Waals surface area contributed by atoms with Gasteiger partial charge in [-0.1, -0.05) is 17.7 Å². The smallest absolute Gasteiger partial charge is 0.433 e. The van der Waals surface area contributed by atoms with Crippen LogP contribution in [0.1, 0.15) is 16.2 Å². The summed E-state index contributed by atoms with van der Waals surface area (Å²) in [6.45, 7) is 0. The van der Waals surface area contributed by atoms with Crippen LogP contribution in [0, 0.1) is 5.82 Å². The number of hydrogen-bond acceptors (Lipinski definition) is 4. The Bertz CT molecular complexity index is 1030. The third kappa shape index (κ3) is 4.95. The fraction of sp³-hybridized carbons (Fsp3) is 0.0556. The summed E-state index contributed by atoms with van der Waals surface area (Å²) in [5, 5.41) is 2.57. The lowest BCUT2D eigenvalue weighted by atomic mass is 10.2. The molecule has 28 heavy (non-hydrogen) atoms. The second kappa shape index (κ2) is 7.81. The van der Waals surface area contributed by atoms with Crippen LogP contribution in [0.4, 0.5) is 23.2 Å². The highest BCUT2D eigenvalue weighted by atomic mass is 35.5. The van der Waals surface area contributed by atoms with Crippen LogP contribution in [-0.2, 0) is 6.18 Å². The van der Waals surface area contributed by atoms with E-state index in [9.17, 15) is 22.4 Å². The molecule has 1 aromatic carbocycles. The van der Waals surface area contributed by atoms with Gasteiger partial charge in [0.1, 0.15) is 28.7 Å². The molecule has 1 N–H and O–H groups in total. The van der Waals surface area contributed by atoms with Crippen LogP contribution in [0.2, 0.25) is 5.02 Å². The van der Waals surface area contributed by atoms with Gasteiger partial charge in [-0.05, 0) is 24.3 Å². The van der Waals surface area contributed by atoms with Gasteiger partial charge in [-0.2, -0.15) is 13.2 Å². The number of aromatic nitrogens is 2. The van der Waals surface area contributed by atoms with E-state index in [0.29, 0.717) is 0 Å². The number of rotatable bonds is 4. The first-order valence-electron chi connectivity index (χ1n) is 7.65. The van der Waals surface area contributed by atoms with Crippen molar-refractivity contribution in [3.8, 4) is 11.5 Å². The van der Waals surface area contributed by atoms with Crippen molar-refractivity contribution in [3.05, 3.63) is 77.1 Å². The summed E-state index contributed by atoms with van der Waals surface area (Å²) in [6, 6.07) is 8.21. The molecule has 0 aliphatic carbocycles. The van der Waals surface area contributed by atoms with Crippen molar-refractivity contribution in [2.24, 2.45) is 0 Å². The van der Waals surface area contributed by atoms with E-state index in [-0.39, 0.29) is 22.2 Å². The highest BCUT2D eigenvalue weighted by Crippen LogP contribution is 2.29. The van der Waals surface area contributed by atoms with E-state index < -0.39 is 29.3 Å². The average molecular weight is 412 g/mol. The van der Waals surface area contributed by atoms with E-state index in [1.54, 1.807) is 0 Å². The zero-order valence-corrected chi connectivity index (χ0v) is 14.6. The Morgan fingerprint density at radius 2 is 1.86 bits per heavy atom.